The van der Waals surface area contributed by atoms with E-state index in [9.17, 15) is 8.78 Å². The summed E-state index contributed by atoms with van der Waals surface area (Å²) >= 11 is 0. The van der Waals surface area contributed by atoms with Crippen LogP contribution in [-0.2, 0) is 5.92 Å². The maximum atomic E-state index is 13.4. The average Bonchev–Trinajstić information content (AvgIpc) is 2.61. The van der Waals surface area contributed by atoms with Crippen LogP contribution in [0.5, 0.6) is 0 Å². The molecule has 5 heteroatoms. The molecule has 2 rings (SSSR count). The summed E-state index contributed by atoms with van der Waals surface area (Å²) in [6.45, 7) is 4.52. The molecule has 1 aromatic rings. The zero-order valence-corrected chi connectivity index (χ0v) is 9.63. The van der Waals surface area contributed by atoms with Gasteiger partial charge in [-0.1, -0.05) is 0 Å². The van der Waals surface area contributed by atoms with Crippen LogP contribution >= 0.6 is 0 Å². The predicted octanol–water partition coefficient (Wildman–Crippen LogP) is 2.23. The predicted molar refractivity (Wildman–Crippen MR) is 57.7 cm³/mol. The molecule has 1 aliphatic rings. The lowest BCUT2D eigenvalue weighted by Gasteiger charge is -2.28. The summed E-state index contributed by atoms with van der Waals surface area (Å²) in [5, 5.41) is 3.23. The summed E-state index contributed by atoms with van der Waals surface area (Å²) in [7, 11) is 0. The number of aromatic nitrogens is 2. The summed E-state index contributed by atoms with van der Waals surface area (Å²) in [4.78, 5) is 3.85. The highest BCUT2D eigenvalue weighted by Crippen LogP contribution is 2.31. The molecule has 3 nitrogen and oxygen atoms in total. The van der Waals surface area contributed by atoms with Crippen LogP contribution in [0.1, 0.15) is 37.3 Å². The van der Waals surface area contributed by atoms with Gasteiger partial charge in [-0.25, -0.2) is 4.98 Å². The second-order valence-corrected chi connectivity index (χ2v) is 4.46. The van der Waals surface area contributed by atoms with Gasteiger partial charge in [0.25, 0.3) is 0 Å². The fourth-order valence-corrected chi connectivity index (χ4v) is 2.30. The smallest absolute Gasteiger partial charge is 0.302 e. The summed E-state index contributed by atoms with van der Waals surface area (Å²) in [5.41, 5.74) is 0.823. The lowest BCUT2D eigenvalue weighted by atomic mass is 10.1. The second-order valence-electron chi connectivity index (χ2n) is 4.46. The van der Waals surface area contributed by atoms with Gasteiger partial charge >= 0.3 is 5.92 Å². The molecule has 0 atom stereocenters. The van der Waals surface area contributed by atoms with Crippen LogP contribution in [0.4, 0.5) is 8.78 Å². The highest BCUT2D eigenvalue weighted by atomic mass is 19.3. The molecule has 0 bridgehead atoms. The van der Waals surface area contributed by atoms with Gasteiger partial charge in [0.15, 0.2) is 5.82 Å². The Morgan fingerprint density at radius 1 is 1.44 bits per heavy atom. The number of nitrogens with zero attached hydrogens (tertiary/aromatic N) is 2. The second kappa shape index (κ2) is 4.13. The van der Waals surface area contributed by atoms with Crippen molar-refractivity contribution < 1.29 is 8.78 Å². The van der Waals surface area contributed by atoms with E-state index in [1.807, 2.05) is 6.92 Å². The molecule has 16 heavy (non-hydrogen) atoms. The molecule has 0 unspecified atom stereocenters. The van der Waals surface area contributed by atoms with Gasteiger partial charge in [0.05, 0.1) is 0 Å². The summed E-state index contributed by atoms with van der Waals surface area (Å²) in [5.74, 6) is -2.96. The standard InChI is InChI=1S/C11H17F2N3/c1-8-7-15-10(11(2,12)13)16(8)9-3-5-14-6-4-9/h7,9,14H,3-6H2,1-2H3. The number of imidazole rings is 1. The molecule has 0 saturated carbocycles. The maximum Gasteiger partial charge on any atom is 0.302 e. The Morgan fingerprint density at radius 3 is 2.62 bits per heavy atom. The molecule has 0 aliphatic carbocycles. The largest absolute Gasteiger partial charge is 0.324 e. The lowest BCUT2D eigenvalue weighted by molar-refractivity contribution is 0.00176. The molecule has 1 N–H and O–H groups in total. The van der Waals surface area contributed by atoms with Crippen molar-refractivity contribution in [2.24, 2.45) is 0 Å². The van der Waals surface area contributed by atoms with E-state index in [-0.39, 0.29) is 11.9 Å². The van der Waals surface area contributed by atoms with E-state index < -0.39 is 5.92 Å². The fraction of sp³-hybridized carbons (Fsp3) is 0.727. The zero-order valence-electron chi connectivity index (χ0n) is 9.63. The van der Waals surface area contributed by atoms with E-state index in [1.54, 1.807) is 4.57 Å². The zero-order chi connectivity index (χ0) is 11.8. The number of piperidine rings is 1. The molecule has 0 spiro atoms. The van der Waals surface area contributed by atoms with Crippen molar-refractivity contribution in [2.75, 3.05) is 13.1 Å². The Labute approximate surface area is 93.9 Å². The first-order valence-corrected chi connectivity index (χ1v) is 5.63. The molecular formula is C11H17F2N3. The van der Waals surface area contributed by atoms with Crippen molar-refractivity contribution >= 4 is 0 Å². The van der Waals surface area contributed by atoms with E-state index in [2.05, 4.69) is 10.3 Å². The molecule has 90 valence electrons. The molecule has 0 radical (unpaired) electrons. The van der Waals surface area contributed by atoms with Gasteiger partial charge in [-0.3, -0.25) is 0 Å². The van der Waals surface area contributed by atoms with Crippen molar-refractivity contribution in [3.8, 4) is 0 Å². The minimum absolute atomic E-state index is 0.100. The number of rotatable bonds is 2. The molecular weight excluding hydrogens is 212 g/mol. The number of aryl methyl sites for hydroxylation is 1. The van der Waals surface area contributed by atoms with E-state index in [4.69, 9.17) is 0 Å². The SMILES string of the molecule is Cc1cnc(C(C)(F)F)n1C1CCNCC1. The molecule has 1 saturated heterocycles. The maximum absolute atomic E-state index is 13.4. The summed E-state index contributed by atoms with van der Waals surface area (Å²) < 4.78 is 28.5. The van der Waals surface area contributed by atoms with Crippen LogP contribution in [0.2, 0.25) is 0 Å². The van der Waals surface area contributed by atoms with E-state index in [1.165, 1.54) is 6.20 Å². The van der Waals surface area contributed by atoms with Crippen molar-refractivity contribution in [3.05, 3.63) is 17.7 Å². The molecule has 1 aromatic heterocycles. The Balaban J connectivity index is 2.34. The number of hydrogen-bond acceptors (Lipinski definition) is 2. The number of halogens is 2. The lowest BCUT2D eigenvalue weighted by Crippen LogP contribution is -2.32. The van der Waals surface area contributed by atoms with Gasteiger partial charge < -0.3 is 9.88 Å². The van der Waals surface area contributed by atoms with Crippen LogP contribution in [0, 0.1) is 6.92 Å². The third kappa shape index (κ3) is 2.09. The average molecular weight is 229 g/mol. The van der Waals surface area contributed by atoms with E-state index in [0.717, 1.165) is 38.5 Å². The normalized spacial score (nSPS) is 19.0. The highest BCUT2D eigenvalue weighted by molar-refractivity contribution is 5.10. The van der Waals surface area contributed by atoms with Crippen molar-refractivity contribution in [2.45, 2.75) is 38.7 Å². The van der Waals surface area contributed by atoms with Crippen LogP contribution in [0.3, 0.4) is 0 Å². The minimum Gasteiger partial charge on any atom is -0.324 e. The van der Waals surface area contributed by atoms with Crippen molar-refractivity contribution in [1.29, 1.82) is 0 Å². The molecule has 1 aliphatic heterocycles. The first-order chi connectivity index (χ1) is 7.50. The molecule has 0 aromatic carbocycles. The van der Waals surface area contributed by atoms with Crippen LogP contribution in [0.15, 0.2) is 6.20 Å². The van der Waals surface area contributed by atoms with Gasteiger partial charge in [-0.05, 0) is 32.9 Å². The minimum atomic E-state index is -2.86. The van der Waals surface area contributed by atoms with Crippen LogP contribution in [-0.4, -0.2) is 22.6 Å². The van der Waals surface area contributed by atoms with E-state index >= 15 is 0 Å². The Bertz CT molecular complexity index is 362. The van der Waals surface area contributed by atoms with Crippen LogP contribution < -0.4 is 5.32 Å². The van der Waals surface area contributed by atoms with Gasteiger partial charge in [0.2, 0.25) is 0 Å². The molecule has 0 amide bonds. The van der Waals surface area contributed by atoms with Gasteiger partial charge in [-0.15, -0.1) is 0 Å². The van der Waals surface area contributed by atoms with Gasteiger partial charge in [0, 0.05) is 24.9 Å². The highest BCUT2D eigenvalue weighted by Gasteiger charge is 2.33. The quantitative estimate of drug-likeness (QED) is 0.842. The van der Waals surface area contributed by atoms with Crippen molar-refractivity contribution in [3.63, 3.8) is 0 Å². The molecule has 2 heterocycles. The number of alkyl halides is 2. The first kappa shape index (κ1) is 11.5. The third-order valence-electron chi connectivity index (χ3n) is 3.05. The van der Waals surface area contributed by atoms with Crippen LogP contribution in [0.25, 0.3) is 0 Å². The monoisotopic (exact) mass is 229 g/mol. The third-order valence-corrected chi connectivity index (χ3v) is 3.05. The van der Waals surface area contributed by atoms with Gasteiger partial charge in [-0.2, -0.15) is 8.78 Å². The Hall–Kier alpha value is -0.970. The number of nitrogens with one attached hydrogen (secondary N) is 1. The Kier molecular flexibility index (Phi) is 2.97. The Morgan fingerprint density at radius 2 is 2.06 bits per heavy atom. The van der Waals surface area contributed by atoms with E-state index in [0.29, 0.717) is 0 Å². The number of hydrogen-bond donors (Lipinski definition) is 1. The summed E-state index contributed by atoms with van der Waals surface area (Å²) in [6.07, 6.45) is 3.31. The fourth-order valence-electron chi connectivity index (χ4n) is 2.30. The van der Waals surface area contributed by atoms with Crippen molar-refractivity contribution in [1.82, 2.24) is 14.9 Å². The topological polar surface area (TPSA) is 29.9 Å². The van der Waals surface area contributed by atoms with Gasteiger partial charge in [0.1, 0.15) is 0 Å². The molecule has 1 fully saturated rings. The first-order valence-electron chi connectivity index (χ1n) is 5.63. The summed E-state index contributed by atoms with van der Waals surface area (Å²) in [6, 6.07) is 0.157.